The normalized spacial score (nSPS) is 16.1. The molecule has 0 atom stereocenters. The van der Waals surface area contributed by atoms with Crippen LogP contribution in [0.4, 0.5) is 0 Å². The van der Waals surface area contributed by atoms with Crippen molar-refractivity contribution in [2.45, 2.75) is 25.4 Å². The smallest absolute Gasteiger partial charge is 0.179 e. The molecule has 0 bridgehead atoms. The number of nitrogens with two attached hydrogens (primary N) is 1. The summed E-state index contributed by atoms with van der Waals surface area (Å²) in [4.78, 5) is 7.60. The highest BCUT2D eigenvalue weighted by molar-refractivity contribution is 7.71. The third-order valence-electron chi connectivity index (χ3n) is 2.76. The lowest BCUT2D eigenvalue weighted by Crippen LogP contribution is -1.98. The summed E-state index contributed by atoms with van der Waals surface area (Å²) >= 11 is 5.28. The van der Waals surface area contributed by atoms with Crippen molar-refractivity contribution in [2.24, 2.45) is 5.73 Å². The van der Waals surface area contributed by atoms with Gasteiger partial charge in [0, 0.05) is 18.8 Å². The van der Waals surface area contributed by atoms with Gasteiger partial charge >= 0.3 is 0 Å². The Morgan fingerprint density at radius 1 is 1.60 bits per heavy atom. The van der Waals surface area contributed by atoms with E-state index in [4.69, 9.17) is 18.0 Å². The molecule has 3 N–H and O–H groups in total. The molecule has 0 aromatic carbocycles. The molecule has 78 valence electrons. The van der Waals surface area contributed by atoms with Crippen LogP contribution in [0.15, 0.2) is 12.3 Å². The molecule has 1 saturated carbocycles. The fraction of sp³-hybridized carbons (Fsp3) is 0.400. The molecule has 2 aromatic heterocycles. The molecule has 0 amide bonds. The molecule has 0 radical (unpaired) electrons. The van der Waals surface area contributed by atoms with Gasteiger partial charge in [0.25, 0.3) is 0 Å². The van der Waals surface area contributed by atoms with Crippen LogP contribution in [-0.2, 0) is 6.54 Å². The quantitative estimate of drug-likeness (QED) is 0.760. The Morgan fingerprint density at radius 2 is 2.40 bits per heavy atom. The lowest BCUT2D eigenvalue weighted by molar-refractivity contribution is 0.745. The van der Waals surface area contributed by atoms with Crippen LogP contribution in [-0.4, -0.2) is 14.5 Å². The van der Waals surface area contributed by atoms with Crippen molar-refractivity contribution < 1.29 is 0 Å². The van der Waals surface area contributed by atoms with Crippen LogP contribution in [0, 0.1) is 4.77 Å². The average molecular weight is 220 g/mol. The van der Waals surface area contributed by atoms with E-state index in [1.807, 2.05) is 12.3 Å². The van der Waals surface area contributed by atoms with Crippen molar-refractivity contribution in [3.63, 3.8) is 0 Å². The Balaban J connectivity index is 2.28. The minimum atomic E-state index is 0.512. The second-order valence-corrected chi connectivity index (χ2v) is 4.34. The van der Waals surface area contributed by atoms with E-state index in [2.05, 4.69) is 14.5 Å². The minimum Gasteiger partial charge on any atom is -0.329 e. The van der Waals surface area contributed by atoms with Gasteiger partial charge in [-0.1, -0.05) is 0 Å². The molecule has 3 rings (SSSR count). The van der Waals surface area contributed by atoms with E-state index in [1.165, 1.54) is 12.8 Å². The third-order valence-corrected chi connectivity index (χ3v) is 3.06. The van der Waals surface area contributed by atoms with Gasteiger partial charge in [-0.15, -0.1) is 0 Å². The molecular formula is C10H12N4S. The van der Waals surface area contributed by atoms with E-state index < -0.39 is 0 Å². The highest BCUT2D eigenvalue weighted by Gasteiger charge is 2.26. The summed E-state index contributed by atoms with van der Waals surface area (Å²) in [7, 11) is 0. The minimum absolute atomic E-state index is 0.512. The monoisotopic (exact) mass is 220 g/mol. The molecule has 1 fully saturated rings. The highest BCUT2D eigenvalue weighted by Crippen LogP contribution is 2.37. The first-order valence-electron chi connectivity index (χ1n) is 5.09. The topological polar surface area (TPSA) is 59.6 Å². The van der Waals surface area contributed by atoms with E-state index in [1.54, 1.807) is 0 Å². The summed E-state index contributed by atoms with van der Waals surface area (Å²) in [6.45, 7) is 0.512. The lowest BCUT2D eigenvalue weighted by Gasteiger charge is -2.00. The molecular weight excluding hydrogens is 208 g/mol. The van der Waals surface area contributed by atoms with Gasteiger partial charge in [0.05, 0.1) is 5.52 Å². The number of pyridine rings is 1. The molecule has 0 spiro atoms. The van der Waals surface area contributed by atoms with Gasteiger partial charge in [0.15, 0.2) is 10.4 Å². The zero-order chi connectivity index (χ0) is 10.4. The second-order valence-electron chi connectivity index (χ2n) is 3.95. The van der Waals surface area contributed by atoms with Gasteiger partial charge in [-0.25, -0.2) is 4.98 Å². The fourth-order valence-corrected chi connectivity index (χ4v) is 2.18. The summed E-state index contributed by atoms with van der Waals surface area (Å²) in [6.07, 6.45) is 4.24. The van der Waals surface area contributed by atoms with Crippen molar-refractivity contribution >= 4 is 23.4 Å². The van der Waals surface area contributed by atoms with Crippen molar-refractivity contribution in [3.05, 3.63) is 22.6 Å². The largest absolute Gasteiger partial charge is 0.329 e. The van der Waals surface area contributed by atoms with Gasteiger partial charge in [0.1, 0.15) is 0 Å². The zero-order valence-corrected chi connectivity index (χ0v) is 9.05. The summed E-state index contributed by atoms with van der Waals surface area (Å²) in [5.41, 5.74) is 8.55. The van der Waals surface area contributed by atoms with Crippen LogP contribution >= 0.6 is 12.2 Å². The van der Waals surface area contributed by atoms with E-state index in [0.29, 0.717) is 12.6 Å². The number of imidazole rings is 1. The van der Waals surface area contributed by atoms with Crippen LogP contribution in [0.25, 0.3) is 11.2 Å². The zero-order valence-electron chi connectivity index (χ0n) is 8.23. The van der Waals surface area contributed by atoms with Crippen molar-refractivity contribution in [1.82, 2.24) is 14.5 Å². The van der Waals surface area contributed by atoms with Gasteiger partial charge < -0.3 is 10.7 Å². The number of rotatable bonds is 2. The summed E-state index contributed by atoms with van der Waals surface area (Å²) in [5, 5.41) is 0. The number of nitrogens with zero attached hydrogens (tertiary/aromatic N) is 2. The SMILES string of the molecule is NCc1cnc2c(c1)[nH]c(=S)n2C1CC1. The Kier molecular flexibility index (Phi) is 1.90. The van der Waals surface area contributed by atoms with E-state index in [0.717, 1.165) is 21.5 Å². The molecule has 15 heavy (non-hydrogen) atoms. The lowest BCUT2D eigenvalue weighted by atomic mass is 10.3. The highest BCUT2D eigenvalue weighted by atomic mass is 32.1. The number of hydrogen-bond acceptors (Lipinski definition) is 3. The van der Waals surface area contributed by atoms with Gasteiger partial charge in [0.2, 0.25) is 0 Å². The molecule has 4 nitrogen and oxygen atoms in total. The molecule has 0 saturated heterocycles. The second kappa shape index (κ2) is 3.15. The number of nitrogens with one attached hydrogen (secondary N) is 1. The van der Waals surface area contributed by atoms with Gasteiger partial charge in [-0.2, -0.15) is 0 Å². The van der Waals surface area contributed by atoms with Crippen LogP contribution in [0.1, 0.15) is 24.4 Å². The maximum atomic E-state index is 5.57. The van der Waals surface area contributed by atoms with E-state index in [-0.39, 0.29) is 0 Å². The summed E-state index contributed by atoms with van der Waals surface area (Å²) in [5.74, 6) is 0. The molecule has 2 heterocycles. The molecule has 1 aliphatic carbocycles. The number of fused-ring (bicyclic) bond motifs is 1. The van der Waals surface area contributed by atoms with Crippen LogP contribution < -0.4 is 5.73 Å². The standard InChI is InChI=1S/C10H12N4S/c11-4-6-3-8-9(12-5-6)14(7-1-2-7)10(15)13-8/h3,5,7H,1-2,4,11H2,(H,13,15). The maximum Gasteiger partial charge on any atom is 0.179 e. The van der Waals surface area contributed by atoms with E-state index in [9.17, 15) is 0 Å². The Hall–Kier alpha value is -1.20. The predicted octanol–water partition coefficient (Wildman–Crippen LogP) is 1.89. The van der Waals surface area contributed by atoms with Crippen LogP contribution in [0.2, 0.25) is 0 Å². The predicted molar refractivity (Wildman–Crippen MR) is 61.1 cm³/mol. The first kappa shape index (κ1) is 9.06. The average Bonchev–Trinajstić information content (AvgIpc) is 3.00. The Morgan fingerprint density at radius 3 is 3.07 bits per heavy atom. The van der Waals surface area contributed by atoms with Gasteiger partial charge in [-0.3, -0.25) is 4.57 Å². The summed E-state index contributed by atoms with van der Waals surface area (Å²) < 4.78 is 2.89. The van der Waals surface area contributed by atoms with Crippen molar-refractivity contribution in [2.75, 3.05) is 0 Å². The fourth-order valence-electron chi connectivity index (χ4n) is 1.84. The first-order chi connectivity index (χ1) is 7.29. The Labute approximate surface area is 92.1 Å². The van der Waals surface area contributed by atoms with E-state index >= 15 is 0 Å². The molecule has 0 unspecified atom stereocenters. The van der Waals surface area contributed by atoms with Crippen LogP contribution in [0.5, 0.6) is 0 Å². The van der Waals surface area contributed by atoms with Crippen molar-refractivity contribution in [3.8, 4) is 0 Å². The number of aromatic nitrogens is 3. The molecule has 2 aromatic rings. The number of H-pyrrole nitrogens is 1. The molecule has 0 aliphatic heterocycles. The number of hydrogen-bond donors (Lipinski definition) is 2. The Bertz CT molecular complexity index is 564. The third kappa shape index (κ3) is 1.39. The molecule has 5 heteroatoms. The van der Waals surface area contributed by atoms with Crippen LogP contribution in [0.3, 0.4) is 0 Å². The van der Waals surface area contributed by atoms with Gasteiger partial charge in [-0.05, 0) is 36.7 Å². The summed E-state index contributed by atoms with van der Waals surface area (Å²) in [6, 6.07) is 2.58. The number of aromatic amines is 1. The molecule has 1 aliphatic rings. The first-order valence-corrected chi connectivity index (χ1v) is 5.49. The van der Waals surface area contributed by atoms with Crippen molar-refractivity contribution in [1.29, 1.82) is 0 Å². The maximum absolute atomic E-state index is 5.57.